The van der Waals surface area contributed by atoms with E-state index in [9.17, 15) is 13.2 Å². The summed E-state index contributed by atoms with van der Waals surface area (Å²) < 4.78 is 27.5. The molecule has 0 saturated carbocycles. The SMILES string of the molecule is CCCC(C)NC(=O)CN(Cc1ccc(Cl)c(Cl)c1)S(=O)(=O)c1ccc(Cl)cc1. The van der Waals surface area contributed by atoms with Crippen molar-refractivity contribution in [2.24, 2.45) is 0 Å². The van der Waals surface area contributed by atoms with Gasteiger partial charge in [-0.3, -0.25) is 4.79 Å². The van der Waals surface area contributed by atoms with Crippen LogP contribution in [0.3, 0.4) is 0 Å². The minimum absolute atomic E-state index is 0.0303. The summed E-state index contributed by atoms with van der Waals surface area (Å²) in [6.07, 6.45) is 1.72. The van der Waals surface area contributed by atoms with Crippen molar-refractivity contribution in [3.8, 4) is 0 Å². The van der Waals surface area contributed by atoms with Crippen LogP contribution in [0.1, 0.15) is 32.3 Å². The lowest BCUT2D eigenvalue weighted by molar-refractivity contribution is -0.122. The van der Waals surface area contributed by atoms with Crippen LogP contribution in [0.5, 0.6) is 0 Å². The van der Waals surface area contributed by atoms with Gasteiger partial charge in [-0.1, -0.05) is 54.2 Å². The molecule has 0 aliphatic carbocycles. The van der Waals surface area contributed by atoms with Crippen LogP contribution in [0, 0.1) is 0 Å². The Morgan fingerprint density at radius 1 is 1.07 bits per heavy atom. The molecule has 29 heavy (non-hydrogen) atoms. The van der Waals surface area contributed by atoms with Crippen molar-refractivity contribution in [2.75, 3.05) is 6.54 Å². The maximum atomic E-state index is 13.2. The van der Waals surface area contributed by atoms with E-state index < -0.39 is 10.0 Å². The number of amides is 1. The molecule has 0 bridgehead atoms. The molecule has 0 aliphatic rings. The number of hydrogen-bond acceptors (Lipinski definition) is 3. The average molecular weight is 478 g/mol. The monoisotopic (exact) mass is 476 g/mol. The molecule has 158 valence electrons. The quantitative estimate of drug-likeness (QED) is 0.543. The van der Waals surface area contributed by atoms with Crippen molar-refractivity contribution < 1.29 is 13.2 Å². The van der Waals surface area contributed by atoms with Gasteiger partial charge in [-0.2, -0.15) is 4.31 Å². The summed E-state index contributed by atoms with van der Waals surface area (Å²) in [5, 5.41) is 3.94. The molecular weight excluding hydrogens is 455 g/mol. The number of nitrogens with zero attached hydrogens (tertiary/aromatic N) is 1. The summed E-state index contributed by atoms with van der Waals surface area (Å²) in [7, 11) is -3.94. The summed E-state index contributed by atoms with van der Waals surface area (Å²) >= 11 is 17.9. The van der Waals surface area contributed by atoms with E-state index in [-0.39, 0.29) is 29.9 Å². The van der Waals surface area contributed by atoms with Crippen LogP contribution in [0.2, 0.25) is 15.1 Å². The minimum atomic E-state index is -3.94. The minimum Gasteiger partial charge on any atom is -0.353 e. The molecule has 0 saturated heterocycles. The number of sulfonamides is 1. The molecule has 5 nitrogen and oxygen atoms in total. The number of hydrogen-bond donors (Lipinski definition) is 1. The number of carbonyl (C=O) groups is 1. The Labute approximate surface area is 187 Å². The first-order valence-electron chi connectivity index (χ1n) is 9.12. The van der Waals surface area contributed by atoms with Gasteiger partial charge in [0.1, 0.15) is 0 Å². The van der Waals surface area contributed by atoms with Gasteiger partial charge in [0.25, 0.3) is 0 Å². The molecule has 2 rings (SSSR count). The van der Waals surface area contributed by atoms with E-state index >= 15 is 0 Å². The zero-order valence-electron chi connectivity index (χ0n) is 16.2. The Morgan fingerprint density at radius 2 is 1.72 bits per heavy atom. The largest absolute Gasteiger partial charge is 0.353 e. The number of benzene rings is 2. The molecule has 1 N–H and O–H groups in total. The fraction of sp³-hybridized carbons (Fsp3) is 0.350. The lowest BCUT2D eigenvalue weighted by Gasteiger charge is -2.23. The Hall–Kier alpha value is -1.31. The fourth-order valence-electron chi connectivity index (χ4n) is 2.81. The van der Waals surface area contributed by atoms with Crippen molar-refractivity contribution >= 4 is 50.7 Å². The number of carbonyl (C=O) groups excluding carboxylic acids is 1. The van der Waals surface area contributed by atoms with Crippen molar-refractivity contribution in [3.05, 3.63) is 63.1 Å². The van der Waals surface area contributed by atoms with Crippen molar-refractivity contribution in [1.29, 1.82) is 0 Å². The van der Waals surface area contributed by atoms with Crippen LogP contribution < -0.4 is 5.32 Å². The lowest BCUT2D eigenvalue weighted by atomic mass is 10.2. The second-order valence-corrected chi connectivity index (χ2v) is 9.92. The second-order valence-electron chi connectivity index (χ2n) is 6.73. The van der Waals surface area contributed by atoms with E-state index in [2.05, 4.69) is 5.32 Å². The first kappa shape index (κ1) is 24.0. The topological polar surface area (TPSA) is 66.5 Å². The van der Waals surface area contributed by atoms with Gasteiger partial charge in [-0.05, 0) is 55.3 Å². The number of halogens is 3. The van der Waals surface area contributed by atoms with E-state index in [4.69, 9.17) is 34.8 Å². The molecular formula is C20H23Cl3N2O3S. The van der Waals surface area contributed by atoms with E-state index in [1.54, 1.807) is 18.2 Å². The van der Waals surface area contributed by atoms with Gasteiger partial charge >= 0.3 is 0 Å². The lowest BCUT2D eigenvalue weighted by Crippen LogP contribution is -2.43. The maximum Gasteiger partial charge on any atom is 0.243 e. The molecule has 0 aromatic heterocycles. The highest BCUT2D eigenvalue weighted by atomic mass is 35.5. The summed E-state index contributed by atoms with van der Waals surface area (Å²) in [4.78, 5) is 12.5. The highest BCUT2D eigenvalue weighted by molar-refractivity contribution is 7.89. The third-order valence-electron chi connectivity index (χ3n) is 4.24. The third kappa shape index (κ3) is 6.86. The average Bonchev–Trinajstić information content (AvgIpc) is 2.64. The summed E-state index contributed by atoms with van der Waals surface area (Å²) in [5.41, 5.74) is 0.617. The van der Waals surface area contributed by atoms with E-state index in [1.807, 2.05) is 13.8 Å². The summed E-state index contributed by atoms with van der Waals surface area (Å²) in [6, 6.07) is 10.6. The van der Waals surface area contributed by atoms with Crippen molar-refractivity contribution in [2.45, 2.75) is 44.2 Å². The van der Waals surface area contributed by atoms with Gasteiger partial charge < -0.3 is 5.32 Å². The molecule has 0 radical (unpaired) electrons. The summed E-state index contributed by atoms with van der Waals surface area (Å²) in [5.74, 6) is -0.372. The highest BCUT2D eigenvalue weighted by Crippen LogP contribution is 2.25. The Balaban J connectivity index is 2.32. The Kier molecular flexibility index (Phi) is 8.79. The third-order valence-corrected chi connectivity index (χ3v) is 7.04. The van der Waals surface area contributed by atoms with Crippen LogP contribution >= 0.6 is 34.8 Å². The smallest absolute Gasteiger partial charge is 0.243 e. The molecule has 1 atom stereocenters. The summed E-state index contributed by atoms with van der Waals surface area (Å²) in [6.45, 7) is 3.55. The van der Waals surface area contributed by atoms with E-state index in [1.165, 1.54) is 24.3 Å². The van der Waals surface area contributed by atoms with Crippen molar-refractivity contribution in [3.63, 3.8) is 0 Å². The number of rotatable bonds is 9. The molecule has 0 fully saturated rings. The van der Waals surface area contributed by atoms with Crippen LogP contribution in [0.25, 0.3) is 0 Å². The molecule has 0 aliphatic heterocycles. The van der Waals surface area contributed by atoms with Crippen LogP contribution in [0.15, 0.2) is 47.4 Å². The van der Waals surface area contributed by atoms with Crippen LogP contribution in [-0.4, -0.2) is 31.2 Å². The van der Waals surface area contributed by atoms with Gasteiger partial charge in [-0.25, -0.2) is 8.42 Å². The van der Waals surface area contributed by atoms with Gasteiger partial charge in [0.15, 0.2) is 0 Å². The molecule has 1 amide bonds. The zero-order valence-corrected chi connectivity index (χ0v) is 19.2. The molecule has 1 unspecified atom stereocenters. The first-order chi connectivity index (χ1) is 13.6. The Bertz CT molecular complexity index is 950. The predicted octanol–water partition coefficient (Wildman–Crippen LogP) is 5.14. The van der Waals surface area contributed by atoms with Gasteiger partial charge in [0.2, 0.25) is 15.9 Å². The zero-order chi connectivity index (χ0) is 21.6. The van der Waals surface area contributed by atoms with E-state index in [0.29, 0.717) is 20.6 Å². The molecule has 0 heterocycles. The van der Waals surface area contributed by atoms with Crippen LogP contribution in [-0.2, 0) is 21.4 Å². The molecule has 0 spiro atoms. The van der Waals surface area contributed by atoms with Crippen molar-refractivity contribution in [1.82, 2.24) is 9.62 Å². The second kappa shape index (κ2) is 10.6. The molecule has 2 aromatic carbocycles. The molecule has 9 heteroatoms. The Morgan fingerprint density at radius 3 is 2.31 bits per heavy atom. The highest BCUT2D eigenvalue weighted by Gasteiger charge is 2.27. The van der Waals surface area contributed by atoms with Crippen LogP contribution in [0.4, 0.5) is 0 Å². The normalized spacial score (nSPS) is 12.8. The predicted molar refractivity (Wildman–Crippen MR) is 118 cm³/mol. The van der Waals surface area contributed by atoms with Gasteiger partial charge in [0, 0.05) is 17.6 Å². The van der Waals surface area contributed by atoms with E-state index in [0.717, 1.165) is 17.1 Å². The number of nitrogens with one attached hydrogen (secondary N) is 1. The maximum absolute atomic E-state index is 13.2. The molecule has 2 aromatic rings. The fourth-order valence-corrected chi connectivity index (χ4v) is 4.64. The van der Waals surface area contributed by atoms with Gasteiger partial charge in [-0.15, -0.1) is 0 Å². The standard InChI is InChI=1S/C20H23Cl3N2O3S/c1-3-4-14(2)24-20(26)13-25(12-15-5-10-18(22)19(23)11-15)29(27,28)17-8-6-16(21)7-9-17/h5-11,14H,3-4,12-13H2,1-2H3,(H,24,26). The first-order valence-corrected chi connectivity index (χ1v) is 11.7. The van der Waals surface area contributed by atoms with Gasteiger partial charge in [0.05, 0.1) is 21.5 Å².